The summed E-state index contributed by atoms with van der Waals surface area (Å²) >= 11 is 0. The fourth-order valence-corrected chi connectivity index (χ4v) is 4.41. The summed E-state index contributed by atoms with van der Waals surface area (Å²) < 4.78 is 1.88. The molecular formula is C21H30N4O. The maximum Gasteiger partial charge on any atom is 0.0822 e. The van der Waals surface area contributed by atoms with Crippen LogP contribution in [0.5, 0.6) is 0 Å². The van der Waals surface area contributed by atoms with E-state index in [4.69, 9.17) is 0 Å². The summed E-state index contributed by atoms with van der Waals surface area (Å²) in [5.74, 6) is 0. The second-order valence-electron chi connectivity index (χ2n) is 7.73. The van der Waals surface area contributed by atoms with Gasteiger partial charge < -0.3 is 5.11 Å². The molecular weight excluding hydrogens is 324 g/mol. The van der Waals surface area contributed by atoms with Crippen LogP contribution in [-0.2, 0) is 6.54 Å². The van der Waals surface area contributed by atoms with Crippen LogP contribution in [0.2, 0.25) is 0 Å². The van der Waals surface area contributed by atoms with Crippen LogP contribution in [0.15, 0.2) is 42.7 Å². The lowest BCUT2D eigenvalue weighted by Gasteiger charge is -2.41. The fourth-order valence-electron chi connectivity index (χ4n) is 4.41. The second-order valence-corrected chi connectivity index (χ2v) is 7.73. The second kappa shape index (κ2) is 8.33. The smallest absolute Gasteiger partial charge is 0.0822 e. The predicted molar refractivity (Wildman–Crippen MR) is 103 cm³/mol. The molecule has 2 saturated heterocycles. The monoisotopic (exact) mass is 354 g/mol. The highest BCUT2D eigenvalue weighted by Crippen LogP contribution is 2.22. The Morgan fingerprint density at radius 3 is 2.42 bits per heavy atom. The van der Waals surface area contributed by atoms with E-state index in [0.29, 0.717) is 6.04 Å². The van der Waals surface area contributed by atoms with E-state index in [1.807, 2.05) is 16.9 Å². The molecule has 1 aromatic carbocycles. The summed E-state index contributed by atoms with van der Waals surface area (Å²) in [7, 11) is 0. The zero-order chi connectivity index (χ0) is 17.8. The zero-order valence-electron chi connectivity index (χ0n) is 15.5. The molecule has 2 aliphatic rings. The number of hydrogen-bond donors (Lipinski definition) is 1. The Morgan fingerprint density at radius 1 is 1.00 bits per heavy atom. The van der Waals surface area contributed by atoms with Crippen molar-refractivity contribution >= 4 is 0 Å². The van der Waals surface area contributed by atoms with E-state index in [1.165, 1.54) is 31.2 Å². The molecule has 2 aromatic rings. The van der Waals surface area contributed by atoms with Crippen LogP contribution in [0.4, 0.5) is 0 Å². The Kier molecular flexibility index (Phi) is 5.68. The molecule has 0 amide bonds. The predicted octanol–water partition coefficient (Wildman–Crippen LogP) is 2.68. The normalized spacial score (nSPS) is 25.9. The van der Waals surface area contributed by atoms with Crippen molar-refractivity contribution in [3.63, 3.8) is 0 Å². The first-order chi connectivity index (χ1) is 12.8. The quantitative estimate of drug-likeness (QED) is 0.917. The highest BCUT2D eigenvalue weighted by molar-refractivity contribution is 5.33. The molecule has 0 saturated carbocycles. The average Bonchev–Trinajstić information content (AvgIpc) is 3.06. The molecule has 1 aromatic heterocycles. The molecule has 1 N–H and O–H groups in total. The average molecular weight is 354 g/mol. The van der Waals surface area contributed by atoms with Crippen LogP contribution in [0.1, 0.15) is 37.7 Å². The molecule has 26 heavy (non-hydrogen) atoms. The van der Waals surface area contributed by atoms with Crippen molar-refractivity contribution < 1.29 is 5.11 Å². The fraction of sp³-hybridized carbons (Fsp3) is 0.571. The Morgan fingerprint density at radius 2 is 1.77 bits per heavy atom. The molecule has 0 unspecified atom stereocenters. The minimum atomic E-state index is -0.231. The van der Waals surface area contributed by atoms with Gasteiger partial charge in [-0.25, -0.2) is 4.68 Å². The highest BCUT2D eigenvalue weighted by Gasteiger charge is 2.32. The van der Waals surface area contributed by atoms with E-state index in [2.05, 4.69) is 39.2 Å². The van der Waals surface area contributed by atoms with Gasteiger partial charge in [-0.2, -0.15) is 5.10 Å². The topological polar surface area (TPSA) is 44.5 Å². The van der Waals surface area contributed by atoms with E-state index in [0.717, 1.165) is 44.8 Å². The molecule has 2 atom stereocenters. The largest absolute Gasteiger partial charge is 0.390 e. The molecule has 5 heteroatoms. The summed E-state index contributed by atoms with van der Waals surface area (Å²) in [4.78, 5) is 4.94. The van der Waals surface area contributed by atoms with Crippen molar-refractivity contribution in [2.24, 2.45) is 0 Å². The molecule has 2 aliphatic heterocycles. The lowest BCUT2D eigenvalue weighted by molar-refractivity contribution is -0.0144. The van der Waals surface area contributed by atoms with Gasteiger partial charge in [-0.3, -0.25) is 9.80 Å². The van der Waals surface area contributed by atoms with Gasteiger partial charge in [-0.1, -0.05) is 25.0 Å². The third-order valence-corrected chi connectivity index (χ3v) is 5.85. The SMILES string of the molecule is O[C@@H]1CN(Cc2ccc(-n3cccn3)cc2)CC[C@H]1N1CCCCCC1. The Hall–Kier alpha value is -1.69. The van der Waals surface area contributed by atoms with Gasteiger partial charge in [0.25, 0.3) is 0 Å². The Bertz CT molecular complexity index is 662. The van der Waals surface area contributed by atoms with Crippen LogP contribution in [-0.4, -0.2) is 63.0 Å². The van der Waals surface area contributed by atoms with Gasteiger partial charge in [0.15, 0.2) is 0 Å². The number of nitrogens with zero attached hydrogens (tertiary/aromatic N) is 4. The molecule has 0 aliphatic carbocycles. The number of β-amino-alcohol motifs (C(OH)–C–C–N with tert-alkyl or cyclic N) is 1. The molecule has 3 heterocycles. The number of piperidine rings is 1. The summed E-state index contributed by atoms with van der Waals surface area (Å²) in [6.07, 6.45) is 9.87. The van der Waals surface area contributed by atoms with E-state index >= 15 is 0 Å². The molecule has 140 valence electrons. The van der Waals surface area contributed by atoms with Crippen molar-refractivity contribution in [2.75, 3.05) is 26.2 Å². The summed E-state index contributed by atoms with van der Waals surface area (Å²) in [5, 5.41) is 15.0. The van der Waals surface area contributed by atoms with E-state index < -0.39 is 0 Å². The van der Waals surface area contributed by atoms with Gasteiger partial charge >= 0.3 is 0 Å². The first-order valence-electron chi connectivity index (χ1n) is 10.0. The minimum absolute atomic E-state index is 0.231. The molecule has 0 bridgehead atoms. The molecule has 2 fully saturated rings. The molecule has 0 radical (unpaired) electrons. The van der Waals surface area contributed by atoms with Gasteiger partial charge in [-0.15, -0.1) is 0 Å². The highest BCUT2D eigenvalue weighted by atomic mass is 16.3. The standard InChI is InChI=1S/C21H30N4O/c26-21-17-23(15-10-20(21)24-12-3-1-2-4-13-24)16-18-6-8-19(9-7-18)25-14-5-11-22-25/h5-9,11,14,20-21,26H,1-4,10,12-13,15-17H2/t20-,21-/m1/s1. The van der Waals surface area contributed by atoms with Gasteiger partial charge in [-0.05, 0) is 56.1 Å². The molecule has 0 spiro atoms. The Labute approximate surface area is 156 Å². The summed E-state index contributed by atoms with van der Waals surface area (Å²) in [6, 6.07) is 10.9. The van der Waals surface area contributed by atoms with Gasteiger partial charge in [0.05, 0.1) is 11.8 Å². The number of likely N-dealkylation sites (tertiary alicyclic amines) is 2. The van der Waals surface area contributed by atoms with Crippen molar-refractivity contribution in [3.8, 4) is 5.69 Å². The van der Waals surface area contributed by atoms with Crippen LogP contribution >= 0.6 is 0 Å². The number of rotatable bonds is 4. The first kappa shape index (κ1) is 17.7. The summed E-state index contributed by atoms with van der Waals surface area (Å²) in [5.41, 5.74) is 2.37. The van der Waals surface area contributed by atoms with Gasteiger partial charge in [0.1, 0.15) is 0 Å². The lowest BCUT2D eigenvalue weighted by Crippen LogP contribution is -2.54. The maximum absolute atomic E-state index is 10.7. The van der Waals surface area contributed by atoms with Gasteiger partial charge in [0.2, 0.25) is 0 Å². The summed E-state index contributed by atoms with van der Waals surface area (Å²) in [6.45, 7) is 5.08. The first-order valence-corrected chi connectivity index (χ1v) is 10.0. The number of benzene rings is 1. The van der Waals surface area contributed by atoms with E-state index in [9.17, 15) is 5.11 Å². The van der Waals surface area contributed by atoms with Crippen molar-refractivity contribution in [1.82, 2.24) is 19.6 Å². The third kappa shape index (κ3) is 4.17. The van der Waals surface area contributed by atoms with Crippen LogP contribution in [0, 0.1) is 0 Å². The van der Waals surface area contributed by atoms with E-state index in [-0.39, 0.29) is 6.10 Å². The lowest BCUT2D eigenvalue weighted by atomic mass is 9.99. The number of hydrogen-bond acceptors (Lipinski definition) is 4. The maximum atomic E-state index is 10.7. The van der Waals surface area contributed by atoms with Crippen LogP contribution < -0.4 is 0 Å². The van der Waals surface area contributed by atoms with Crippen molar-refractivity contribution in [2.45, 2.75) is 50.8 Å². The van der Waals surface area contributed by atoms with E-state index in [1.54, 1.807) is 6.20 Å². The minimum Gasteiger partial charge on any atom is -0.390 e. The molecule has 5 nitrogen and oxygen atoms in total. The third-order valence-electron chi connectivity index (χ3n) is 5.85. The number of aromatic nitrogens is 2. The Balaban J connectivity index is 1.32. The number of aliphatic hydroxyl groups excluding tert-OH is 1. The van der Waals surface area contributed by atoms with Crippen molar-refractivity contribution in [3.05, 3.63) is 48.3 Å². The number of aliphatic hydroxyl groups is 1. The van der Waals surface area contributed by atoms with Crippen LogP contribution in [0.3, 0.4) is 0 Å². The molecule has 4 rings (SSSR count). The zero-order valence-corrected chi connectivity index (χ0v) is 15.5. The van der Waals surface area contributed by atoms with Gasteiger partial charge in [0, 0.05) is 38.1 Å². The van der Waals surface area contributed by atoms with Crippen LogP contribution in [0.25, 0.3) is 5.69 Å². The van der Waals surface area contributed by atoms with Crippen molar-refractivity contribution in [1.29, 1.82) is 0 Å².